The van der Waals surface area contributed by atoms with E-state index >= 15 is 0 Å². The lowest BCUT2D eigenvalue weighted by molar-refractivity contribution is 0.0949. The number of aromatic nitrogens is 2. The van der Waals surface area contributed by atoms with E-state index in [2.05, 4.69) is 15.6 Å². The summed E-state index contributed by atoms with van der Waals surface area (Å²) >= 11 is 12.1. The Balaban J connectivity index is 1.46. The Labute approximate surface area is 182 Å². The van der Waals surface area contributed by atoms with Crippen LogP contribution in [0, 0.1) is 0 Å². The second-order valence-corrected chi connectivity index (χ2v) is 7.40. The summed E-state index contributed by atoms with van der Waals surface area (Å²) in [6, 6.07) is 17.8. The minimum atomic E-state index is -0.466. The van der Waals surface area contributed by atoms with Gasteiger partial charge in [0.2, 0.25) is 0 Å². The van der Waals surface area contributed by atoms with Crippen molar-refractivity contribution in [2.75, 3.05) is 0 Å². The molecule has 0 unspecified atom stereocenters. The highest BCUT2D eigenvalue weighted by atomic mass is 35.5. The van der Waals surface area contributed by atoms with Crippen LogP contribution >= 0.6 is 23.2 Å². The number of carbonyl (C=O) groups excluding carboxylic acids is 1. The molecule has 0 atom stereocenters. The number of phenolic OH excluding ortho intramolecular Hbond substituents is 1. The molecule has 30 heavy (non-hydrogen) atoms. The zero-order valence-corrected chi connectivity index (χ0v) is 17.1. The maximum absolute atomic E-state index is 12.4. The molecule has 0 saturated heterocycles. The minimum absolute atomic E-state index is 0.0795. The zero-order valence-electron chi connectivity index (χ0n) is 15.6. The first kappa shape index (κ1) is 19.9. The van der Waals surface area contributed by atoms with Crippen LogP contribution in [0.4, 0.5) is 0 Å². The molecule has 0 radical (unpaired) electrons. The van der Waals surface area contributed by atoms with Crippen molar-refractivity contribution in [2.45, 2.75) is 6.54 Å². The van der Waals surface area contributed by atoms with Crippen LogP contribution < -0.4 is 5.43 Å². The minimum Gasteiger partial charge on any atom is -0.507 e. The van der Waals surface area contributed by atoms with E-state index in [0.717, 1.165) is 16.3 Å². The van der Waals surface area contributed by atoms with Gasteiger partial charge in [-0.3, -0.25) is 9.48 Å². The Bertz CT molecular complexity index is 1270. The molecule has 1 amide bonds. The third kappa shape index (κ3) is 4.30. The molecule has 6 nitrogen and oxygen atoms in total. The average Bonchev–Trinajstić information content (AvgIpc) is 3.20. The van der Waals surface area contributed by atoms with Crippen LogP contribution in [0.2, 0.25) is 10.0 Å². The van der Waals surface area contributed by atoms with Crippen LogP contribution in [0.25, 0.3) is 10.8 Å². The standard InChI is InChI=1S/C22H16Cl2N4O2/c23-16-7-5-15(19(24)11-16)13-28-10-9-20(27-28)22(30)26-25-12-18-17-4-2-1-3-14(17)6-8-21(18)29/h1-12,29H,13H2,(H,26,30)/b25-12+. The normalized spacial score (nSPS) is 11.3. The summed E-state index contributed by atoms with van der Waals surface area (Å²) in [7, 11) is 0. The van der Waals surface area contributed by atoms with E-state index in [1.807, 2.05) is 36.4 Å². The highest BCUT2D eigenvalue weighted by Crippen LogP contribution is 2.25. The smallest absolute Gasteiger partial charge is 0.291 e. The summed E-state index contributed by atoms with van der Waals surface area (Å²) in [5.74, 6) is -0.386. The maximum atomic E-state index is 12.4. The third-order valence-corrected chi connectivity index (χ3v) is 5.12. The topological polar surface area (TPSA) is 79.5 Å². The molecule has 0 aliphatic rings. The van der Waals surface area contributed by atoms with Crippen molar-refractivity contribution in [1.82, 2.24) is 15.2 Å². The van der Waals surface area contributed by atoms with Crippen LogP contribution in [0.1, 0.15) is 21.6 Å². The van der Waals surface area contributed by atoms with Crippen molar-refractivity contribution in [3.63, 3.8) is 0 Å². The first-order chi connectivity index (χ1) is 14.5. The fourth-order valence-corrected chi connectivity index (χ4v) is 3.50. The van der Waals surface area contributed by atoms with Gasteiger partial charge in [0.05, 0.1) is 12.8 Å². The summed E-state index contributed by atoms with van der Waals surface area (Å²) in [5.41, 5.74) is 4.00. The number of hydrazone groups is 1. The van der Waals surface area contributed by atoms with Crippen molar-refractivity contribution < 1.29 is 9.90 Å². The Morgan fingerprint density at radius 1 is 1.13 bits per heavy atom. The van der Waals surface area contributed by atoms with Gasteiger partial charge >= 0.3 is 0 Å². The lowest BCUT2D eigenvalue weighted by Crippen LogP contribution is -2.18. The Hall–Kier alpha value is -3.35. The molecule has 0 aliphatic carbocycles. The van der Waals surface area contributed by atoms with Gasteiger partial charge in [0, 0.05) is 21.8 Å². The summed E-state index contributed by atoms with van der Waals surface area (Å²) in [6.45, 7) is 0.399. The summed E-state index contributed by atoms with van der Waals surface area (Å²) in [5, 5.41) is 21.2. The molecule has 4 rings (SSSR count). The largest absolute Gasteiger partial charge is 0.507 e. The highest BCUT2D eigenvalue weighted by molar-refractivity contribution is 6.35. The number of nitrogens with one attached hydrogen (secondary N) is 1. The molecule has 0 spiro atoms. The SMILES string of the molecule is O=C(N/N=C/c1c(O)ccc2ccccc12)c1ccn(Cc2ccc(Cl)cc2Cl)n1. The quantitative estimate of drug-likeness (QED) is 0.344. The average molecular weight is 439 g/mol. The summed E-state index contributed by atoms with van der Waals surface area (Å²) in [4.78, 5) is 12.4. The number of rotatable bonds is 5. The summed E-state index contributed by atoms with van der Waals surface area (Å²) < 4.78 is 1.60. The van der Waals surface area contributed by atoms with Crippen molar-refractivity contribution in [1.29, 1.82) is 0 Å². The second kappa shape index (κ2) is 8.57. The zero-order chi connectivity index (χ0) is 21.1. The number of hydrogen-bond acceptors (Lipinski definition) is 4. The van der Waals surface area contributed by atoms with Crippen LogP contribution in [0.15, 0.2) is 72.0 Å². The van der Waals surface area contributed by atoms with Crippen LogP contribution in [0.5, 0.6) is 5.75 Å². The number of aromatic hydroxyl groups is 1. The number of nitrogens with zero attached hydrogens (tertiary/aromatic N) is 3. The number of benzene rings is 3. The van der Waals surface area contributed by atoms with Crippen LogP contribution in [-0.4, -0.2) is 27.0 Å². The number of carbonyl (C=O) groups is 1. The van der Waals surface area contributed by atoms with Gasteiger partial charge in [-0.05, 0) is 40.6 Å². The monoisotopic (exact) mass is 438 g/mol. The molecule has 3 aromatic carbocycles. The third-order valence-electron chi connectivity index (χ3n) is 4.53. The molecule has 150 valence electrons. The van der Waals surface area contributed by atoms with E-state index in [0.29, 0.717) is 22.2 Å². The fraction of sp³-hybridized carbons (Fsp3) is 0.0455. The van der Waals surface area contributed by atoms with E-state index in [1.165, 1.54) is 6.21 Å². The molecule has 8 heteroatoms. The lowest BCUT2D eigenvalue weighted by Gasteiger charge is -2.05. The first-order valence-electron chi connectivity index (χ1n) is 9.03. The fourth-order valence-electron chi connectivity index (χ4n) is 3.03. The predicted octanol–water partition coefficient (Wildman–Crippen LogP) is 4.86. The van der Waals surface area contributed by atoms with Crippen molar-refractivity contribution in [3.8, 4) is 5.75 Å². The van der Waals surface area contributed by atoms with Gasteiger partial charge in [0.25, 0.3) is 5.91 Å². The van der Waals surface area contributed by atoms with Crippen molar-refractivity contribution >= 4 is 46.1 Å². The molecule has 0 saturated carbocycles. The maximum Gasteiger partial charge on any atom is 0.291 e. The number of halogens is 2. The van der Waals surface area contributed by atoms with E-state index in [4.69, 9.17) is 23.2 Å². The van der Waals surface area contributed by atoms with Crippen molar-refractivity contribution in [3.05, 3.63) is 93.7 Å². The van der Waals surface area contributed by atoms with E-state index in [1.54, 1.807) is 35.1 Å². The lowest BCUT2D eigenvalue weighted by atomic mass is 10.0. The molecule has 0 aliphatic heterocycles. The molecule has 4 aromatic rings. The van der Waals surface area contributed by atoms with Gasteiger partial charge in [0.1, 0.15) is 5.75 Å². The number of amides is 1. The molecule has 2 N–H and O–H groups in total. The summed E-state index contributed by atoms with van der Waals surface area (Å²) in [6.07, 6.45) is 3.10. The van der Waals surface area contributed by atoms with Gasteiger partial charge < -0.3 is 5.11 Å². The van der Waals surface area contributed by atoms with Gasteiger partial charge in [-0.25, -0.2) is 5.43 Å². The Morgan fingerprint density at radius 3 is 2.80 bits per heavy atom. The van der Waals surface area contributed by atoms with E-state index in [-0.39, 0.29) is 11.4 Å². The van der Waals surface area contributed by atoms with Gasteiger partial charge in [-0.1, -0.05) is 59.6 Å². The Kier molecular flexibility index (Phi) is 5.70. The van der Waals surface area contributed by atoms with Gasteiger partial charge in [-0.2, -0.15) is 10.2 Å². The molecular weight excluding hydrogens is 423 g/mol. The molecule has 1 aromatic heterocycles. The number of fused-ring (bicyclic) bond motifs is 1. The molecule has 0 fully saturated rings. The van der Waals surface area contributed by atoms with Crippen molar-refractivity contribution in [2.24, 2.45) is 5.10 Å². The molecular formula is C22H16Cl2N4O2. The highest BCUT2D eigenvalue weighted by Gasteiger charge is 2.10. The Morgan fingerprint density at radius 2 is 1.97 bits per heavy atom. The molecule has 0 bridgehead atoms. The first-order valence-corrected chi connectivity index (χ1v) is 9.78. The van der Waals surface area contributed by atoms with Gasteiger partial charge in [-0.15, -0.1) is 0 Å². The molecule has 1 heterocycles. The predicted molar refractivity (Wildman–Crippen MR) is 118 cm³/mol. The van der Waals surface area contributed by atoms with E-state index < -0.39 is 5.91 Å². The number of hydrogen-bond donors (Lipinski definition) is 2. The second-order valence-electron chi connectivity index (χ2n) is 6.55. The van der Waals surface area contributed by atoms with Crippen LogP contribution in [0.3, 0.4) is 0 Å². The van der Waals surface area contributed by atoms with Crippen LogP contribution in [-0.2, 0) is 6.54 Å². The van der Waals surface area contributed by atoms with E-state index in [9.17, 15) is 9.90 Å². The van der Waals surface area contributed by atoms with Gasteiger partial charge in [0.15, 0.2) is 5.69 Å². The number of phenols is 1.